The molecule has 1 unspecified atom stereocenters. The van der Waals surface area contributed by atoms with Gasteiger partial charge < -0.3 is 12.4 Å². The van der Waals surface area contributed by atoms with E-state index in [0.717, 1.165) is 25.3 Å². The van der Waals surface area contributed by atoms with Crippen molar-refractivity contribution in [2.45, 2.75) is 13.3 Å². The number of hydroxylamine groups is 3. The summed E-state index contributed by atoms with van der Waals surface area (Å²) < 4.78 is 0.0227. The zero-order valence-corrected chi connectivity index (χ0v) is 10.2. The van der Waals surface area contributed by atoms with Crippen molar-refractivity contribution >= 4 is 5.84 Å². The van der Waals surface area contributed by atoms with Crippen LogP contribution in [0.5, 0.6) is 0 Å². The van der Waals surface area contributed by atoms with Crippen LogP contribution in [-0.2, 0) is 6.42 Å². The van der Waals surface area contributed by atoms with Crippen molar-refractivity contribution in [3.8, 4) is 0 Å². The number of benzene rings is 1. The van der Waals surface area contributed by atoms with E-state index in [2.05, 4.69) is 17.1 Å². The van der Waals surface area contributed by atoms with Crippen molar-refractivity contribution in [2.75, 3.05) is 19.6 Å². The Kier molecular flexibility index (Phi) is 4.47. The van der Waals surface area contributed by atoms with Crippen LogP contribution in [0.25, 0.3) is 0 Å². The lowest BCUT2D eigenvalue weighted by atomic mass is 10.1. The first-order valence-electron chi connectivity index (χ1n) is 5.42. The molecular formula is C12H17ClN2O. The van der Waals surface area contributed by atoms with Gasteiger partial charge in [0, 0.05) is 0 Å². The summed E-state index contributed by atoms with van der Waals surface area (Å²) in [6, 6.07) is 10.2. The maximum atomic E-state index is 10.2. The van der Waals surface area contributed by atoms with E-state index in [-0.39, 0.29) is 17.1 Å². The number of hydrogen-bond donors (Lipinski definition) is 1. The topological polar surface area (TPSA) is 32.6 Å². The molecule has 1 N–H and O–H groups in total. The Balaban J connectivity index is 0.00000128. The molecule has 1 aromatic carbocycles. The minimum Gasteiger partial charge on any atom is -1.00 e. The van der Waals surface area contributed by atoms with Crippen LogP contribution in [0, 0.1) is 0 Å². The summed E-state index contributed by atoms with van der Waals surface area (Å²) in [7, 11) is 0. The maximum Gasteiger partial charge on any atom is 0.235 e. The molecule has 4 heteroatoms. The summed E-state index contributed by atoms with van der Waals surface area (Å²) in [6.07, 6.45) is 0.755. The number of hydrogen-bond acceptors (Lipinski definition) is 2. The first kappa shape index (κ1) is 13.2. The van der Waals surface area contributed by atoms with Gasteiger partial charge in [-0.3, -0.25) is 0 Å². The molecule has 16 heavy (non-hydrogen) atoms. The second-order valence-corrected chi connectivity index (χ2v) is 3.92. The monoisotopic (exact) mass is 240 g/mol. The van der Waals surface area contributed by atoms with Crippen LogP contribution in [0.3, 0.4) is 0 Å². The molecule has 0 bridgehead atoms. The lowest BCUT2D eigenvalue weighted by molar-refractivity contribution is -1.03. The van der Waals surface area contributed by atoms with Gasteiger partial charge in [0.25, 0.3) is 0 Å². The van der Waals surface area contributed by atoms with Gasteiger partial charge in [-0.05, 0) is 12.5 Å². The standard InChI is InChI=1S/C12H17N2O.ClH/c1-2-14(15)9-8-13-12(14)10-11-6-4-3-5-7-11;/h3-7,15H,2,8-10H2,1H3;1H/q+1;/p-1. The van der Waals surface area contributed by atoms with Crippen LogP contribution in [0.2, 0.25) is 0 Å². The molecule has 1 atom stereocenters. The van der Waals surface area contributed by atoms with E-state index < -0.39 is 0 Å². The second kappa shape index (κ2) is 5.43. The maximum absolute atomic E-state index is 10.2. The average Bonchev–Trinajstić information content (AvgIpc) is 2.63. The van der Waals surface area contributed by atoms with Crippen molar-refractivity contribution in [3.63, 3.8) is 0 Å². The van der Waals surface area contributed by atoms with E-state index in [1.807, 2.05) is 25.1 Å². The molecule has 2 rings (SSSR count). The predicted octanol–water partition coefficient (Wildman–Crippen LogP) is -1.13. The smallest absolute Gasteiger partial charge is 0.235 e. The zero-order valence-electron chi connectivity index (χ0n) is 9.43. The van der Waals surface area contributed by atoms with Gasteiger partial charge in [-0.25, -0.2) is 10.2 Å². The number of quaternary nitrogens is 1. The van der Waals surface area contributed by atoms with E-state index in [9.17, 15) is 5.21 Å². The average molecular weight is 241 g/mol. The Hall–Kier alpha value is -0.900. The van der Waals surface area contributed by atoms with Crippen molar-refractivity contribution in [1.29, 1.82) is 0 Å². The SMILES string of the molecule is CC[N+]1(O)CCN=C1Cc1ccccc1.[Cl-]. The van der Waals surface area contributed by atoms with Gasteiger partial charge in [0.2, 0.25) is 5.84 Å². The van der Waals surface area contributed by atoms with Crippen LogP contribution in [0.4, 0.5) is 0 Å². The summed E-state index contributed by atoms with van der Waals surface area (Å²) in [5, 5.41) is 10.2. The molecule has 1 aliphatic rings. The fraction of sp³-hybridized carbons (Fsp3) is 0.417. The Morgan fingerprint density at radius 3 is 2.62 bits per heavy atom. The van der Waals surface area contributed by atoms with Crippen LogP contribution in [0.15, 0.2) is 35.3 Å². The van der Waals surface area contributed by atoms with Crippen molar-refractivity contribution < 1.29 is 22.3 Å². The van der Waals surface area contributed by atoms with Crippen molar-refractivity contribution in [2.24, 2.45) is 4.99 Å². The van der Waals surface area contributed by atoms with Gasteiger partial charge in [0.05, 0.1) is 13.0 Å². The molecule has 1 aromatic rings. The molecule has 0 saturated heterocycles. The van der Waals surface area contributed by atoms with E-state index in [1.54, 1.807) is 0 Å². The summed E-state index contributed by atoms with van der Waals surface area (Å²) in [5.41, 5.74) is 1.21. The zero-order chi connectivity index (χ0) is 10.7. The molecule has 1 aliphatic heterocycles. The number of rotatable bonds is 3. The van der Waals surface area contributed by atoms with Gasteiger partial charge in [0.15, 0.2) is 0 Å². The van der Waals surface area contributed by atoms with E-state index >= 15 is 0 Å². The van der Waals surface area contributed by atoms with E-state index in [0.29, 0.717) is 6.54 Å². The Morgan fingerprint density at radius 2 is 2.00 bits per heavy atom. The second-order valence-electron chi connectivity index (χ2n) is 3.92. The molecule has 0 aliphatic carbocycles. The fourth-order valence-corrected chi connectivity index (χ4v) is 1.93. The quantitative estimate of drug-likeness (QED) is 0.667. The van der Waals surface area contributed by atoms with Gasteiger partial charge >= 0.3 is 0 Å². The molecule has 88 valence electrons. The third kappa shape index (κ3) is 2.61. The largest absolute Gasteiger partial charge is 1.00 e. The molecule has 0 fully saturated rings. The highest BCUT2D eigenvalue weighted by Crippen LogP contribution is 2.15. The molecule has 0 spiro atoms. The highest BCUT2D eigenvalue weighted by atomic mass is 35.5. The highest BCUT2D eigenvalue weighted by molar-refractivity contribution is 5.78. The van der Waals surface area contributed by atoms with Crippen LogP contribution in [-0.4, -0.2) is 35.3 Å². The minimum absolute atomic E-state index is 0. The molecular weight excluding hydrogens is 224 g/mol. The number of nitrogens with zero attached hydrogens (tertiary/aromatic N) is 2. The number of amidine groups is 1. The van der Waals surface area contributed by atoms with Crippen molar-refractivity contribution in [3.05, 3.63) is 35.9 Å². The van der Waals surface area contributed by atoms with Crippen molar-refractivity contribution in [1.82, 2.24) is 0 Å². The number of aliphatic imine (C=N–C) groups is 1. The third-order valence-electron chi connectivity index (χ3n) is 2.97. The van der Waals surface area contributed by atoms with Crippen LogP contribution < -0.4 is 12.4 Å². The Bertz CT molecular complexity index is 367. The molecule has 0 radical (unpaired) electrons. The predicted molar refractivity (Wildman–Crippen MR) is 59.9 cm³/mol. The van der Waals surface area contributed by atoms with Crippen LogP contribution in [0.1, 0.15) is 12.5 Å². The minimum atomic E-state index is 0. The third-order valence-corrected chi connectivity index (χ3v) is 2.97. The summed E-state index contributed by atoms with van der Waals surface area (Å²) >= 11 is 0. The lowest BCUT2D eigenvalue weighted by Crippen LogP contribution is -3.00. The molecule has 3 nitrogen and oxygen atoms in total. The molecule has 1 heterocycles. The molecule has 0 amide bonds. The first-order chi connectivity index (χ1) is 7.24. The summed E-state index contributed by atoms with van der Waals surface area (Å²) in [6.45, 7) is 4.16. The van der Waals surface area contributed by atoms with Gasteiger partial charge in [-0.2, -0.15) is 0 Å². The first-order valence-corrected chi connectivity index (χ1v) is 5.42. The Morgan fingerprint density at radius 1 is 1.31 bits per heavy atom. The molecule has 0 saturated carbocycles. The normalized spacial score (nSPS) is 23.8. The van der Waals surface area contributed by atoms with Gasteiger partial charge in [-0.15, -0.1) is 4.65 Å². The lowest BCUT2D eigenvalue weighted by Gasteiger charge is -2.23. The Labute approximate surface area is 102 Å². The fourth-order valence-electron chi connectivity index (χ4n) is 1.93. The highest BCUT2D eigenvalue weighted by Gasteiger charge is 2.35. The summed E-state index contributed by atoms with van der Waals surface area (Å²) in [4.78, 5) is 4.39. The van der Waals surface area contributed by atoms with E-state index in [4.69, 9.17) is 0 Å². The van der Waals surface area contributed by atoms with Crippen LogP contribution >= 0.6 is 0 Å². The number of likely N-dealkylation sites (N-methyl/N-ethyl adjacent to an activating group) is 1. The van der Waals surface area contributed by atoms with Gasteiger partial charge in [-0.1, -0.05) is 30.3 Å². The van der Waals surface area contributed by atoms with Gasteiger partial charge in [0.1, 0.15) is 13.1 Å². The summed E-state index contributed by atoms with van der Waals surface area (Å²) in [5.74, 6) is 0.892. The number of halogens is 1. The van der Waals surface area contributed by atoms with E-state index in [1.165, 1.54) is 5.56 Å². The molecule has 0 aromatic heterocycles.